The lowest BCUT2D eigenvalue weighted by Gasteiger charge is -2.28. The third-order valence-electron chi connectivity index (χ3n) is 3.96. The van der Waals surface area contributed by atoms with Crippen molar-refractivity contribution in [3.63, 3.8) is 0 Å². The van der Waals surface area contributed by atoms with Gasteiger partial charge in [-0.25, -0.2) is 0 Å². The first kappa shape index (κ1) is 16.4. The van der Waals surface area contributed by atoms with Gasteiger partial charge in [0.15, 0.2) is 0 Å². The van der Waals surface area contributed by atoms with Crippen LogP contribution in [-0.4, -0.2) is 26.1 Å². The Kier molecular flexibility index (Phi) is 6.65. The molecule has 0 bridgehead atoms. The Morgan fingerprint density at radius 3 is 2.48 bits per heavy atom. The molecule has 0 radical (unpaired) electrons. The summed E-state index contributed by atoms with van der Waals surface area (Å²) in [7, 11) is 3.50. The van der Waals surface area contributed by atoms with Gasteiger partial charge < -0.3 is 9.47 Å². The van der Waals surface area contributed by atoms with Crippen molar-refractivity contribution in [2.45, 2.75) is 42.8 Å². The molecule has 2 rings (SSSR count). The molecule has 1 aliphatic rings. The van der Waals surface area contributed by atoms with E-state index in [2.05, 4.69) is 25.1 Å². The molecule has 0 heterocycles. The molecule has 0 N–H and O–H groups in total. The van der Waals surface area contributed by atoms with Crippen LogP contribution in [0.3, 0.4) is 0 Å². The van der Waals surface area contributed by atoms with Gasteiger partial charge >= 0.3 is 0 Å². The fourth-order valence-corrected chi connectivity index (χ4v) is 4.09. The Balaban J connectivity index is 2.12. The van der Waals surface area contributed by atoms with Crippen molar-refractivity contribution >= 4 is 11.8 Å². The van der Waals surface area contributed by atoms with Crippen molar-refractivity contribution in [1.29, 1.82) is 0 Å². The van der Waals surface area contributed by atoms with Crippen LogP contribution in [-0.2, 0) is 4.74 Å². The van der Waals surface area contributed by atoms with Gasteiger partial charge in [-0.15, -0.1) is 11.8 Å². The Bertz CT molecular complexity index is 453. The Morgan fingerprint density at radius 2 is 1.90 bits per heavy atom. The van der Waals surface area contributed by atoms with Gasteiger partial charge in [0.25, 0.3) is 0 Å². The molecule has 0 aromatic heterocycles. The number of benzene rings is 1. The number of thioether (sulfide) groups is 1. The fourth-order valence-electron chi connectivity index (χ4n) is 2.83. The summed E-state index contributed by atoms with van der Waals surface area (Å²) in [4.78, 5) is 1.30. The van der Waals surface area contributed by atoms with Gasteiger partial charge in [0.1, 0.15) is 5.75 Å². The van der Waals surface area contributed by atoms with Crippen molar-refractivity contribution in [2.24, 2.45) is 5.92 Å². The molecule has 2 nitrogen and oxygen atoms in total. The number of hydrogen-bond acceptors (Lipinski definition) is 3. The standard InChI is InChI=1S/C18H26O2S/c1-14(13-19-2)18(15-7-5-4-6-8-15)21-17-11-9-16(20-3)10-12-17/h7,9-12,14,18H,4-6,8,13H2,1-3H3/t14-,18-/m1/s1. The number of hydrogen-bond donors (Lipinski definition) is 0. The van der Waals surface area contributed by atoms with Crippen LogP contribution in [0.5, 0.6) is 5.75 Å². The summed E-state index contributed by atoms with van der Waals surface area (Å²) in [6.07, 6.45) is 7.58. The predicted octanol–water partition coefficient (Wildman–Crippen LogP) is 4.94. The maximum Gasteiger partial charge on any atom is 0.118 e. The molecule has 0 aliphatic heterocycles. The average molecular weight is 306 g/mol. The maximum atomic E-state index is 5.39. The van der Waals surface area contributed by atoms with E-state index in [0.29, 0.717) is 11.2 Å². The van der Waals surface area contributed by atoms with Gasteiger partial charge in [-0.3, -0.25) is 0 Å². The second-order valence-corrected chi connectivity index (χ2v) is 6.89. The average Bonchev–Trinajstić information content (AvgIpc) is 2.54. The van der Waals surface area contributed by atoms with Crippen LogP contribution in [0.1, 0.15) is 32.6 Å². The van der Waals surface area contributed by atoms with Crippen molar-refractivity contribution < 1.29 is 9.47 Å². The molecule has 1 aliphatic carbocycles. The largest absolute Gasteiger partial charge is 0.497 e. The van der Waals surface area contributed by atoms with Crippen LogP contribution in [0.15, 0.2) is 40.8 Å². The molecule has 0 spiro atoms. The van der Waals surface area contributed by atoms with Gasteiger partial charge in [0, 0.05) is 17.3 Å². The summed E-state index contributed by atoms with van der Waals surface area (Å²) >= 11 is 1.96. The topological polar surface area (TPSA) is 18.5 Å². The van der Waals surface area contributed by atoms with Gasteiger partial charge in [-0.2, -0.15) is 0 Å². The van der Waals surface area contributed by atoms with Crippen molar-refractivity contribution in [3.05, 3.63) is 35.9 Å². The molecule has 2 atom stereocenters. The zero-order chi connectivity index (χ0) is 15.1. The van der Waals surface area contributed by atoms with E-state index in [0.717, 1.165) is 12.4 Å². The number of allylic oxidation sites excluding steroid dienone is 1. The van der Waals surface area contributed by atoms with E-state index in [-0.39, 0.29) is 0 Å². The Labute approximate surface area is 132 Å². The second kappa shape index (κ2) is 8.50. The first-order valence-electron chi connectivity index (χ1n) is 7.73. The third kappa shape index (κ3) is 4.79. The summed E-state index contributed by atoms with van der Waals surface area (Å²) in [5.74, 6) is 1.43. The van der Waals surface area contributed by atoms with E-state index in [1.165, 1.54) is 30.6 Å². The lowest BCUT2D eigenvalue weighted by atomic mass is 9.92. The summed E-state index contributed by atoms with van der Waals surface area (Å²) < 4.78 is 10.6. The zero-order valence-corrected chi connectivity index (χ0v) is 14.1. The first-order valence-corrected chi connectivity index (χ1v) is 8.61. The molecule has 0 amide bonds. The van der Waals surface area contributed by atoms with E-state index in [1.54, 1.807) is 19.8 Å². The molecule has 1 aromatic carbocycles. The van der Waals surface area contributed by atoms with E-state index < -0.39 is 0 Å². The van der Waals surface area contributed by atoms with Gasteiger partial charge in [0.2, 0.25) is 0 Å². The van der Waals surface area contributed by atoms with Crippen LogP contribution >= 0.6 is 11.8 Å². The van der Waals surface area contributed by atoms with Crippen LogP contribution in [0, 0.1) is 5.92 Å². The highest BCUT2D eigenvalue weighted by Crippen LogP contribution is 2.37. The van der Waals surface area contributed by atoms with E-state index in [4.69, 9.17) is 9.47 Å². The third-order valence-corrected chi connectivity index (χ3v) is 5.53. The summed E-state index contributed by atoms with van der Waals surface area (Å²) in [6, 6.07) is 8.38. The zero-order valence-electron chi connectivity index (χ0n) is 13.3. The summed E-state index contributed by atoms with van der Waals surface area (Å²) in [5, 5.41) is 0.513. The smallest absolute Gasteiger partial charge is 0.118 e. The van der Waals surface area contributed by atoms with Gasteiger partial charge in [0.05, 0.1) is 13.7 Å². The van der Waals surface area contributed by atoms with Crippen LogP contribution in [0.25, 0.3) is 0 Å². The molecule has 0 saturated heterocycles. The quantitative estimate of drug-likeness (QED) is 0.525. The number of rotatable bonds is 7. The summed E-state index contributed by atoms with van der Waals surface area (Å²) in [6.45, 7) is 3.10. The van der Waals surface area contributed by atoms with E-state index >= 15 is 0 Å². The highest BCUT2D eigenvalue weighted by molar-refractivity contribution is 8.00. The Morgan fingerprint density at radius 1 is 1.14 bits per heavy atom. The molecule has 0 saturated carbocycles. The van der Waals surface area contributed by atoms with Crippen molar-refractivity contribution in [2.75, 3.05) is 20.8 Å². The first-order chi connectivity index (χ1) is 10.2. The molecular formula is C18H26O2S. The molecular weight excluding hydrogens is 280 g/mol. The fraction of sp³-hybridized carbons (Fsp3) is 0.556. The van der Waals surface area contributed by atoms with Crippen molar-refractivity contribution in [3.8, 4) is 5.75 Å². The van der Waals surface area contributed by atoms with Crippen LogP contribution in [0.4, 0.5) is 0 Å². The monoisotopic (exact) mass is 306 g/mol. The van der Waals surface area contributed by atoms with E-state index in [1.807, 2.05) is 23.9 Å². The second-order valence-electron chi connectivity index (χ2n) is 5.67. The lowest BCUT2D eigenvalue weighted by Crippen LogP contribution is -2.22. The predicted molar refractivity (Wildman–Crippen MR) is 90.2 cm³/mol. The Hall–Kier alpha value is -0.930. The summed E-state index contributed by atoms with van der Waals surface area (Å²) in [5.41, 5.74) is 1.60. The number of ether oxygens (including phenoxy) is 2. The minimum Gasteiger partial charge on any atom is -0.497 e. The highest BCUT2D eigenvalue weighted by Gasteiger charge is 2.23. The molecule has 21 heavy (non-hydrogen) atoms. The minimum absolute atomic E-state index is 0.513. The van der Waals surface area contributed by atoms with Crippen molar-refractivity contribution in [1.82, 2.24) is 0 Å². The number of methoxy groups -OCH3 is 2. The molecule has 116 valence electrons. The molecule has 3 heteroatoms. The minimum atomic E-state index is 0.513. The molecule has 0 unspecified atom stereocenters. The highest BCUT2D eigenvalue weighted by atomic mass is 32.2. The molecule has 0 fully saturated rings. The van der Waals surface area contributed by atoms with Gasteiger partial charge in [-0.1, -0.05) is 18.6 Å². The van der Waals surface area contributed by atoms with Crippen LogP contribution < -0.4 is 4.74 Å². The normalized spacial score (nSPS) is 18.0. The maximum absolute atomic E-state index is 5.39. The van der Waals surface area contributed by atoms with E-state index in [9.17, 15) is 0 Å². The van der Waals surface area contributed by atoms with Crippen LogP contribution in [0.2, 0.25) is 0 Å². The molecule has 1 aromatic rings. The lowest BCUT2D eigenvalue weighted by molar-refractivity contribution is 0.161. The SMILES string of the molecule is COC[C@@H](C)[C@@H](Sc1ccc(OC)cc1)C1=CCCCC1. The van der Waals surface area contributed by atoms with Gasteiger partial charge in [-0.05, 0) is 55.9 Å².